The molecule has 3 amide bonds. The molecule has 1 aliphatic heterocycles. The quantitative estimate of drug-likeness (QED) is 0.257. The number of rotatable bonds is 9. The molecular weight excluding hydrogens is 611 g/mol. The summed E-state index contributed by atoms with van der Waals surface area (Å²) >= 11 is 12.1. The molecule has 0 bridgehead atoms. The van der Waals surface area contributed by atoms with Gasteiger partial charge in [-0.1, -0.05) is 53.5 Å². The molecule has 1 saturated heterocycles. The smallest absolute Gasteiger partial charge is 0.315 e. The van der Waals surface area contributed by atoms with Crippen LogP contribution in [0.2, 0.25) is 10.0 Å². The molecule has 42 heavy (non-hydrogen) atoms. The summed E-state index contributed by atoms with van der Waals surface area (Å²) in [5.74, 6) is -0.547. The van der Waals surface area contributed by atoms with Crippen molar-refractivity contribution in [2.45, 2.75) is 24.1 Å². The summed E-state index contributed by atoms with van der Waals surface area (Å²) in [6.45, 7) is 3.24. The maximum Gasteiger partial charge on any atom is 0.315 e. The van der Waals surface area contributed by atoms with Crippen LogP contribution in [0.1, 0.15) is 21.5 Å². The molecule has 0 spiro atoms. The number of carbonyl (C=O) groups excluding carboxylic acids is 2. The lowest BCUT2D eigenvalue weighted by Crippen LogP contribution is -2.48. The summed E-state index contributed by atoms with van der Waals surface area (Å²) in [6, 6.07) is 17.2. The van der Waals surface area contributed by atoms with E-state index >= 15 is 0 Å². The predicted octanol–water partition coefficient (Wildman–Crippen LogP) is 2.54. The molecule has 0 aromatic heterocycles. The maximum absolute atomic E-state index is 12.6. The van der Waals surface area contributed by atoms with Crippen LogP contribution in [-0.4, -0.2) is 73.1 Å². The van der Waals surface area contributed by atoms with Crippen LogP contribution in [0.15, 0.2) is 71.6 Å². The zero-order chi connectivity index (χ0) is 28.7. The van der Waals surface area contributed by atoms with Gasteiger partial charge < -0.3 is 31.6 Å². The number of hydrogen-bond donors (Lipinski definition) is 4. The van der Waals surface area contributed by atoms with Crippen LogP contribution in [0.25, 0.3) is 0 Å². The topological polar surface area (TPSA) is 200 Å². The molecule has 1 aliphatic rings. The van der Waals surface area contributed by atoms with Gasteiger partial charge in [0.2, 0.25) is 0 Å². The first-order chi connectivity index (χ1) is 19.1. The van der Waals surface area contributed by atoms with Gasteiger partial charge >= 0.3 is 6.03 Å². The van der Waals surface area contributed by atoms with Gasteiger partial charge in [0.25, 0.3) is 16.0 Å². The van der Waals surface area contributed by atoms with Crippen molar-refractivity contribution in [1.29, 1.82) is 0 Å². The zero-order valence-electron chi connectivity index (χ0n) is 22.3. The molecule has 1 atom stereocenters. The van der Waals surface area contributed by atoms with Crippen molar-refractivity contribution in [1.82, 2.24) is 15.5 Å². The van der Waals surface area contributed by atoms with Gasteiger partial charge in [0.1, 0.15) is 4.90 Å². The van der Waals surface area contributed by atoms with Crippen molar-refractivity contribution in [3.8, 4) is 0 Å². The van der Waals surface area contributed by atoms with Gasteiger partial charge in [-0.2, -0.15) is 8.42 Å². The number of ether oxygens (including phenoxy) is 1. The van der Waals surface area contributed by atoms with E-state index in [4.69, 9.17) is 27.9 Å². The van der Waals surface area contributed by atoms with Gasteiger partial charge in [-0.25, -0.2) is 4.79 Å². The van der Waals surface area contributed by atoms with Gasteiger partial charge in [0.05, 0.1) is 28.4 Å². The van der Waals surface area contributed by atoms with Crippen LogP contribution >= 0.6 is 23.2 Å². The highest BCUT2D eigenvalue weighted by Crippen LogP contribution is 2.24. The lowest BCUT2D eigenvalue weighted by Gasteiger charge is -2.33. The number of amides is 3. The Morgan fingerprint density at radius 3 is 2.33 bits per heavy atom. The number of nitrogens with zero attached hydrogens (tertiary/aromatic N) is 1. The number of benzene rings is 3. The monoisotopic (exact) mass is 642 g/mol. The van der Waals surface area contributed by atoms with Crippen molar-refractivity contribution >= 4 is 50.9 Å². The highest BCUT2D eigenvalue weighted by molar-refractivity contribution is 7.86. The van der Waals surface area contributed by atoms with Gasteiger partial charge in [-0.3, -0.25) is 14.2 Å². The number of morpholine rings is 1. The largest absolute Gasteiger partial charge is 0.412 e. The van der Waals surface area contributed by atoms with E-state index < -0.39 is 20.9 Å². The van der Waals surface area contributed by atoms with Crippen LogP contribution in [0.3, 0.4) is 0 Å². The van der Waals surface area contributed by atoms with Crippen molar-refractivity contribution < 1.29 is 38.2 Å². The van der Waals surface area contributed by atoms with E-state index in [9.17, 15) is 22.6 Å². The third-order valence-corrected chi connectivity index (χ3v) is 7.84. The molecule has 228 valence electrons. The Balaban J connectivity index is 0.00000308. The highest BCUT2D eigenvalue weighted by Gasteiger charge is 2.21. The fraction of sp³-hybridized carbons (Fsp3) is 0.259. The molecule has 0 radical (unpaired) electrons. The Labute approximate surface area is 253 Å². The van der Waals surface area contributed by atoms with E-state index in [1.807, 2.05) is 12.1 Å². The van der Waals surface area contributed by atoms with Crippen LogP contribution < -0.4 is 16.0 Å². The zero-order valence-corrected chi connectivity index (χ0v) is 24.6. The van der Waals surface area contributed by atoms with E-state index in [1.165, 1.54) is 24.3 Å². The molecule has 4 rings (SSSR count). The van der Waals surface area contributed by atoms with E-state index in [0.29, 0.717) is 36.3 Å². The first-order valence-electron chi connectivity index (χ1n) is 12.3. The van der Waals surface area contributed by atoms with Crippen molar-refractivity contribution in [2.24, 2.45) is 0 Å². The number of para-hydroxylation sites is 1. The van der Waals surface area contributed by atoms with E-state index in [0.717, 1.165) is 17.7 Å². The van der Waals surface area contributed by atoms with Gasteiger partial charge in [0.15, 0.2) is 0 Å². The third-order valence-electron chi connectivity index (χ3n) is 6.19. The van der Waals surface area contributed by atoms with E-state index in [2.05, 4.69) is 20.9 Å². The first kappa shape index (κ1) is 34.9. The van der Waals surface area contributed by atoms with Crippen molar-refractivity contribution in [3.05, 3.63) is 93.5 Å². The Morgan fingerprint density at radius 1 is 0.952 bits per heavy atom. The van der Waals surface area contributed by atoms with E-state index in [1.54, 1.807) is 30.3 Å². The predicted molar refractivity (Wildman–Crippen MR) is 160 cm³/mol. The normalized spacial score (nSPS) is 15.1. The second-order valence-corrected chi connectivity index (χ2v) is 11.4. The van der Waals surface area contributed by atoms with Crippen LogP contribution in [0.5, 0.6) is 0 Å². The maximum atomic E-state index is 12.6. The molecule has 0 unspecified atom stereocenters. The Bertz CT molecular complexity index is 1480. The summed E-state index contributed by atoms with van der Waals surface area (Å²) in [4.78, 5) is 26.7. The number of carbonyl (C=O) groups is 2. The first-order valence-corrected chi connectivity index (χ1v) is 14.5. The molecule has 12 nitrogen and oxygen atoms in total. The Kier molecular flexibility index (Phi) is 13.2. The lowest BCUT2D eigenvalue weighted by molar-refractivity contribution is -0.0287. The fourth-order valence-electron chi connectivity index (χ4n) is 4.16. The number of hydrogen-bond acceptors (Lipinski definition) is 6. The average molecular weight is 644 g/mol. The number of nitrogens with one attached hydrogen (secondary N) is 3. The SMILES string of the molecule is O.O.O=C(NCc1ccc(C(=O)Nc2ccccc2S(=O)(=O)O)cc1)NC[C@H]1CN(Cc2ccc(Cl)c(Cl)c2)CCO1. The van der Waals surface area contributed by atoms with Crippen molar-refractivity contribution in [2.75, 3.05) is 31.6 Å². The number of anilines is 1. The number of halogens is 2. The minimum atomic E-state index is -4.49. The molecule has 3 aromatic rings. The molecule has 8 N–H and O–H groups in total. The summed E-state index contributed by atoms with van der Waals surface area (Å²) in [5.41, 5.74) is 2.05. The summed E-state index contributed by atoms with van der Waals surface area (Å²) in [6.07, 6.45) is -0.161. The van der Waals surface area contributed by atoms with E-state index in [-0.39, 0.29) is 40.9 Å². The molecule has 0 aliphatic carbocycles. The second kappa shape index (κ2) is 15.8. The highest BCUT2D eigenvalue weighted by atomic mass is 35.5. The van der Waals surface area contributed by atoms with Crippen LogP contribution in [-0.2, 0) is 27.9 Å². The molecule has 1 heterocycles. The van der Waals surface area contributed by atoms with Crippen LogP contribution in [0.4, 0.5) is 10.5 Å². The lowest BCUT2D eigenvalue weighted by atomic mass is 10.1. The Hall–Kier alpha value is -3.27. The number of urea groups is 1. The summed E-state index contributed by atoms with van der Waals surface area (Å²) in [5, 5.41) is 9.12. The minimum absolute atomic E-state index is 0. The van der Waals surface area contributed by atoms with Crippen LogP contribution in [0, 0.1) is 0 Å². The minimum Gasteiger partial charge on any atom is -0.412 e. The Morgan fingerprint density at radius 2 is 1.64 bits per heavy atom. The summed E-state index contributed by atoms with van der Waals surface area (Å²) < 4.78 is 38.2. The molecular formula is C27H32Cl2N4O8S. The van der Waals surface area contributed by atoms with Gasteiger partial charge in [-0.15, -0.1) is 0 Å². The standard InChI is InChI=1S/C27H28Cl2N4O6S.2H2O/c28-22-10-7-19(13-23(22)29)16-33-11-12-39-21(17-33)15-31-27(35)30-14-18-5-8-20(9-6-18)26(34)32-24-3-1-2-4-25(24)40(36,37)38;;/h1-10,13,21H,11-12,14-17H2,(H,32,34)(H2,30,31,35)(H,36,37,38);2*1H2/t21-;;/m0../s1. The molecule has 3 aromatic carbocycles. The second-order valence-electron chi connectivity index (χ2n) is 9.16. The fourth-order valence-corrected chi connectivity index (χ4v) is 5.13. The van der Waals surface area contributed by atoms with Gasteiger partial charge in [-0.05, 0) is 47.5 Å². The average Bonchev–Trinajstić information content (AvgIpc) is 2.93. The van der Waals surface area contributed by atoms with Crippen molar-refractivity contribution in [3.63, 3.8) is 0 Å². The molecule has 15 heteroatoms. The molecule has 1 fully saturated rings. The molecule has 0 saturated carbocycles. The van der Waals surface area contributed by atoms with Gasteiger partial charge in [0, 0.05) is 38.3 Å². The summed E-state index contributed by atoms with van der Waals surface area (Å²) in [7, 11) is -4.49. The third kappa shape index (κ3) is 9.93.